The number of carboxylic acid groups (broad SMARTS) is 1. The number of anilines is 1. The Morgan fingerprint density at radius 3 is 3.17 bits per heavy atom. The molecule has 5 heteroatoms. The molecule has 0 aromatic carbocycles. The van der Waals surface area contributed by atoms with Gasteiger partial charge in [-0.1, -0.05) is 6.92 Å². The summed E-state index contributed by atoms with van der Waals surface area (Å²) in [4.78, 5) is 17.5. The fourth-order valence-corrected chi connectivity index (χ4v) is 3.41. The minimum absolute atomic E-state index is 0.167. The second-order valence-electron chi connectivity index (χ2n) is 4.77. The largest absolute Gasteiger partial charge is 0.481 e. The van der Waals surface area contributed by atoms with Gasteiger partial charge in [-0.25, -0.2) is 4.98 Å². The Kier molecular flexibility index (Phi) is 4.58. The first-order valence-corrected chi connectivity index (χ1v) is 7.51. The van der Waals surface area contributed by atoms with Crippen molar-refractivity contribution in [3.8, 4) is 0 Å². The van der Waals surface area contributed by atoms with Gasteiger partial charge in [0.15, 0.2) is 5.13 Å². The number of rotatable bonds is 5. The first-order valence-electron chi connectivity index (χ1n) is 6.63. The molecule has 1 atom stereocenters. The molecule has 0 aliphatic carbocycles. The molecule has 1 aliphatic rings. The third kappa shape index (κ3) is 3.22. The summed E-state index contributed by atoms with van der Waals surface area (Å²) in [6, 6.07) is 0.609. The topological polar surface area (TPSA) is 53.4 Å². The monoisotopic (exact) mass is 268 g/mol. The molecule has 0 bridgehead atoms. The van der Waals surface area contributed by atoms with E-state index in [9.17, 15) is 4.79 Å². The minimum Gasteiger partial charge on any atom is -0.481 e. The first kappa shape index (κ1) is 13.3. The third-order valence-electron chi connectivity index (χ3n) is 3.48. The lowest BCUT2D eigenvalue weighted by molar-refractivity contribution is -0.136. The number of hydrogen-bond donors (Lipinski definition) is 1. The average Bonchev–Trinajstić information content (AvgIpc) is 2.85. The predicted octanol–water partition coefficient (Wildman–Crippen LogP) is 2.93. The van der Waals surface area contributed by atoms with Crippen molar-refractivity contribution in [2.75, 3.05) is 11.4 Å². The molecular formula is C13H20N2O2S. The zero-order valence-electron chi connectivity index (χ0n) is 10.8. The standard InChI is InChI=1S/C13H20N2O2S/c1-2-11-5-3-4-8-15(11)13-14-10(9-18-13)6-7-12(16)17/h9,11H,2-8H2,1H3,(H,16,17). The molecule has 1 aromatic rings. The number of carboxylic acids is 1. The molecule has 1 N–H and O–H groups in total. The second-order valence-corrected chi connectivity index (χ2v) is 5.60. The van der Waals surface area contributed by atoms with Crippen molar-refractivity contribution in [1.29, 1.82) is 0 Å². The lowest BCUT2D eigenvalue weighted by Gasteiger charge is -2.35. The van der Waals surface area contributed by atoms with Crippen molar-refractivity contribution >= 4 is 22.4 Å². The Balaban J connectivity index is 2.01. The van der Waals surface area contributed by atoms with Crippen LogP contribution in [0, 0.1) is 0 Å². The molecule has 0 radical (unpaired) electrons. The van der Waals surface area contributed by atoms with Gasteiger partial charge in [0, 0.05) is 24.4 Å². The molecule has 1 saturated heterocycles. The van der Waals surface area contributed by atoms with E-state index in [-0.39, 0.29) is 6.42 Å². The number of hydrogen-bond acceptors (Lipinski definition) is 4. The molecule has 18 heavy (non-hydrogen) atoms. The quantitative estimate of drug-likeness (QED) is 0.892. The van der Waals surface area contributed by atoms with Crippen LogP contribution in [-0.2, 0) is 11.2 Å². The molecule has 1 fully saturated rings. The number of nitrogens with zero attached hydrogens (tertiary/aromatic N) is 2. The van der Waals surface area contributed by atoms with Gasteiger partial charge in [0.2, 0.25) is 0 Å². The van der Waals surface area contributed by atoms with Crippen LogP contribution in [0.4, 0.5) is 5.13 Å². The molecule has 2 rings (SSSR count). The van der Waals surface area contributed by atoms with Crippen LogP contribution in [0.5, 0.6) is 0 Å². The average molecular weight is 268 g/mol. The van der Waals surface area contributed by atoms with Crippen molar-refractivity contribution < 1.29 is 9.90 Å². The molecule has 1 aliphatic heterocycles. The Morgan fingerprint density at radius 2 is 2.44 bits per heavy atom. The van der Waals surface area contributed by atoms with E-state index >= 15 is 0 Å². The van der Waals surface area contributed by atoms with E-state index < -0.39 is 5.97 Å². The zero-order chi connectivity index (χ0) is 13.0. The summed E-state index contributed by atoms with van der Waals surface area (Å²) in [5, 5.41) is 11.7. The van der Waals surface area contributed by atoms with E-state index in [1.54, 1.807) is 11.3 Å². The second kappa shape index (κ2) is 6.18. The summed E-state index contributed by atoms with van der Waals surface area (Å²) >= 11 is 1.65. The maximum Gasteiger partial charge on any atom is 0.303 e. The van der Waals surface area contributed by atoms with Crippen LogP contribution in [0.15, 0.2) is 5.38 Å². The predicted molar refractivity (Wildman–Crippen MR) is 73.3 cm³/mol. The maximum absolute atomic E-state index is 10.5. The van der Waals surface area contributed by atoms with Gasteiger partial charge in [0.25, 0.3) is 0 Å². The first-order chi connectivity index (χ1) is 8.70. The lowest BCUT2D eigenvalue weighted by Crippen LogP contribution is -2.39. The van der Waals surface area contributed by atoms with Crippen molar-refractivity contribution in [3.05, 3.63) is 11.1 Å². The molecule has 1 unspecified atom stereocenters. The van der Waals surface area contributed by atoms with Crippen LogP contribution in [0.3, 0.4) is 0 Å². The molecule has 0 spiro atoms. The van der Waals surface area contributed by atoms with Crippen LogP contribution < -0.4 is 4.90 Å². The van der Waals surface area contributed by atoms with Crippen LogP contribution in [0.1, 0.15) is 44.7 Å². The lowest BCUT2D eigenvalue weighted by atomic mass is 10.0. The minimum atomic E-state index is -0.756. The van der Waals surface area contributed by atoms with Crippen molar-refractivity contribution in [2.45, 2.75) is 51.5 Å². The van der Waals surface area contributed by atoms with Gasteiger partial charge >= 0.3 is 5.97 Å². The highest BCUT2D eigenvalue weighted by Crippen LogP contribution is 2.29. The maximum atomic E-state index is 10.5. The fourth-order valence-electron chi connectivity index (χ4n) is 2.45. The highest BCUT2D eigenvalue weighted by Gasteiger charge is 2.23. The highest BCUT2D eigenvalue weighted by molar-refractivity contribution is 7.13. The number of piperidine rings is 1. The number of aryl methyl sites for hydroxylation is 1. The summed E-state index contributed by atoms with van der Waals surface area (Å²) in [5.41, 5.74) is 0.915. The summed E-state index contributed by atoms with van der Waals surface area (Å²) in [6.45, 7) is 3.31. The van der Waals surface area contributed by atoms with Gasteiger partial charge in [0.1, 0.15) is 0 Å². The molecule has 0 amide bonds. The van der Waals surface area contributed by atoms with Gasteiger partial charge in [-0.05, 0) is 25.7 Å². The number of carbonyl (C=O) groups is 1. The number of thiazole rings is 1. The Hall–Kier alpha value is -1.10. The molecular weight excluding hydrogens is 248 g/mol. The van der Waals surface area contributed by atoms with Crippen LogP contribution >= 0.6 is 11.3 Å². The normalized spacial score (nSPS) is 20.1. The van der Waals surface area contributed by atoms with Crippen molar-refractivity contribution in [2.24, 2.45) is 0 Å². The highest BCUT2D eigenvalue weighted by atomic mass is 32.1. The van der Waals surface area contributed by atoms with Gasteiger partial charge in [-0.2, -0.15) is 0 Å². The molecule has 1 aromatic heterocycles. The van der Waals surface area contributed by atoms with Gasteiger partial charge in [-0.15, -0.1) is 11.3 Å². The number of aromatic nitrogens is 1. The van der Waals surface area contributed by atoms with Crippen LogP contribution in [-0.4, -0.2) is 28.6 Å². The Morgan fingerprint density at radius 1 is 1.61 bits per heavy atom. The van der Waals surface area contributed by atoms with E-state index in [1.165, 1.54) is 19.3 Å². The van der Waals surface area contributed by atoms with E-state index in [4.69, 9.17) is 5.11 Å². The molecule has 100 valence electrons. The van der Waals surface area contributed by atoms with Crippen molar-refractivity contribution in [1.82, 2.24) is 4.98 Å². The molecule has 4 nitrogen and oxygen atoms in total. The van der Waals surface area contributed by atoms with Gasteiger partial charge < -0.3 is 10.0 Å². The Labute approximate surface area is 112 Å². The summed E-state index contributed by atoms with van der Waals surface area (Å²) in [5.74, 6) is -0.756. The molecule has 2 heterocycles. The third-order valence-corrected chi connectivity index (χ3v) is 4.41. The SMILES string of the molecule is CCC1CCCCN1c1nc(CCC(=O)O)cs1. The fraction of sp³-hybridized carbons (Fsp3) is 0.692. The van der Waals surface area contributed by atoms with Crippen LogP contribution in [0.25, 0.3) is 0 Å². The van der Waals surface area contributed by atoms with Crippen molar-refractivity contribution in [3.63, 3.8) is 0 Å². The van der Waals surface area contributed by atoms with E-state index in [0.717, 1.165) is 23.8 Å². The summed E-state index contributed by atoms with van der Waals surface area (Å²) in [7, 11) is 0. The summed E-state index contributed by atoms with van der Waals surface area (Å²) in [6.07, 6.45) is 5.66. The summed E-state index contributed by atoms with van der Waals surface area (Å²) < 4.78 is 0. The van der Waals surface area contributed by atoms with E-state index in [1.807, 2.05) is 5.38 Å². The number of aliphatic carboxylic acids is 1. The van der Waals surface area contributed by atoms with Gasteiger partial charge in [0.05, 0.1) is 12.1 Å². The van der Waals surface area contributed by atoms with Gasteiger partial charge in [-0.3, -0.25) is 4.79 Å². The zero-order valence-corrected chi connectivity index (χ0v) is 11.6. The smallest absolute Gasteiger partial charge is 0.303 e. The van der Waals surface area contributed by atoms with E-state index in [0.29, 0.717) is 12.5 Å². The van der Waals surface area contributed by atoms with Crippen LogP contribution in [0.2, 0.25) is 0 Å². The molecule has 0 saturated carbocycles. The Bertz CT molecular complexity index is 405. The van der Waals surface area contributed by atoms with E-state index in [2.05, 4.69) is 16.8 Å².